The van der Waals surface area contributed by atoms with Crippen molar-refractivity contribution >= 4 is 5.90 Å². The van der Waals surface area contributed by atoms with E-state index in [-0.39, 0.29) is 0 Å². The third kappa shape index (κ3) is 3.81. The van der Waals surface area contributed by atoms with Crippen molar-refractivity contribution in [2.45, 2.75) is 13.3 Å². The molecule has 0 saturated heterocycles. The van der Waals surface area contributed by atoms with E-state index in [1.807, 2.05) is 0 Å². The SMILES string of the molecule is C=CCCOC(=NC(=C)C)c1ncc[nH]1. The number of aromatic nitrogens is 2. The van der Waals surface area contributed by atoms with E-state index in [4.69, 9.17) is 4.74 Å². The number of aromatic amines is 1. The number of allylic oxidation sites excluding steroid dienone is 1. The molecule has 15 heavy (non-hydrogen) atoms. The lowest BCUT2D eigenvalue weighted by atomic mass is 10.4. The summed E-state index contributed by atoms with van der Waals surface area (Å²) in [5.41, 5.74) is 0.681. The topological polar surface area (TPSA) is 50.3 Å². The molecule has 1 rings (SSSR count). The molecule has 0 atom stereocenters. The highest BCUT2D eigenvalue weighted by Gasteiger charge is 2.06. The van der Waals surface area contributed by atoms with Crippen LogP contribution in [-0.4, -0.2) is 22.5 Å². The number of hydrogen-bond acceptors (Lipinski definition) is 3. The minimum atomic E-state index is 0.467. The quantitative estimate of drug-likeness (QED) is 0.347. The zero-order chi connectivity index (χ0) is 11.1. The highest BCUT2D eigenvalue weighted by molar-refractivity contribution is 5.91. The lowest BCUT2D eigenvalue weighted by Gasteiger charge is -2.05. The van der Waals surface area contributed by atoms with E-state index in [9.17, 15) is 0 Å². The molecule has 4 nitrogen and oxygen atoms in total. The van der Waals surface area contributed by atoms with Gasteiger partial charge < -0.3 is 9.72 Å². The Hall–Kier alpha value is -1.84. The standard InChI is InChI=1S/C11H15N3O/c1-4-5-8-15-11(14-9(2)3)10-12-6-7-13-10/h4,6-7H,1-2,5,8H2,3H3,(H,12,13). The molecule has 1 heterocycles. The lowest BCUT2D eigenvalue weighted by Crippen LogP contribution is -2.10. The minimum Gasteiger partial charge on any atom is -0.475 e. The molecule has 4 heteroatoms. The Morgan fingerprint density at radius 1 is 1.73 bits per heavy atom. The molecule has 1 N–H and O–H groups in total. The molecule has 1 aromatic rings. The molecule has 0 bridgehead atoms. The summed E-state index contributed by atoms with van der Waals surface area (Å²) < 4.78 is 5.46. The van der Waals surface area contributed by atoms with Gasteiger partial charge in [0, 0.05) is 18.1 Å². The van der Waals surface area contributed by atoms with Crippen LogP contribution in [0, 0.1) is 0 Å². The maximum Gasteiger partial charge on any atom is 0.257 e. The van der Waals surface area contributed by atoms with Crippen molar-refractivity contribution in [1.29, 1.82) is 0 Å². The number of hydrogen-bond donors (Lipinski definition) is 1. The second-order valence-electron chi connectivity index (χ2n) is 3.02. The van der Waals surface area contributed by atoms with Crippen LogP contribution in [0.1, 0.15) is 19.2 Å². The molecule has 0 radical (unpaired) electrons. The number of nitrogens with one attached hydrogen (secondary N) is 1. The largest absolute Gasteiger partial charge is 0.475 e. The average molecular weight is 205 g/mol. The summed E-state index contributed by atoms with van der Waals surface area (Å²) in [6.07, 6.45) is 5.94. The van der Waals surface area contributed by atoms with Crippen LogP contribution in [0.4, 0.5) is 0 Å². The van der Waals surface area contributed by atoms with Crippen molar-refractivity contribution in [1.82, 2.24) is 9.97 Å². The van der Waals surface area contributed by atoms with Gasteiger partial charge in [0.1, 0.15) is 0 Å². The van der Waals surface area contributed by atoms with Gasteiger partial charge in [-0.3, -0.25) is 0 Å². The first-order valence-electron chi connectivity index (χ1n) is 4.71. The first kappa shape index (κ1) is 11.2. The van der Waals surface area contributed by atoms with Gasteiger partial charge in [0.15, 0.2) is 5.82 Å². The third-order valence-corrected chi connectivity index (χ3v) is 1.55. The Morgan fingerprint density at radius 3 is 3.07 bits per heavy atom. The van der Waals surface area contributed by atoms with Crippen LogP contribution in [0.5, 0.6) is 0 Å². The molecular weight excluding hydrogens is 190 g/mol. The first-order valence-corrected chi connectivity index (χ1v) is 4.71. The Kier molecular flexibility index (Phi) is 4.34. The first-order chi connectivity index (χ1) is 7.24. The van der Waals surface area contributed by atoms with E-state index < -0.39 is 0 Å². The van der Waals surface area contributed by atoms with Crippen LogP contribution < -0.4 is 0 Å². The number of H-pyrrole nitrogens is 1. The highest BCUT2D eigenvalue weighted by atomic mass is 16.5. The minimum absolute atomic E-state index is 0.467. The van der Waals surface area contributed by atoms with Crippen LogP contribution >= 0.6 is 0 Å². The van der Waals surface area contributed by atoms with Gasteiger partial charge in [-0.05, 0) is 13.3 Å². The van der Waals surface area contributed by atoms with E-state index >= 15 is 0 Å². The molecular formula is C11H15N3O. The summed E-state index contributed by atoms with van der Waals surface area (Å²) in [4.78, 5) is 11.2. The maximum absolute atomic E-state index is 5.46. The molecule has 1 aromatic heterocycles. The van der Waals surface area contributed by atoms with Gasteiger partial charge in [-0.2, -0.15) is 0 Å². The summed E-state index contributed by atoms with van der Waals surface area (Å²) in [5, 5.41) is 0. The Morgan fingerprint density at radius 2 is 2.53 bits per heavy atom. The summed E-state index contributed by atoms with van der Waals surface area (Å²) in [7, 11) is 0. The second kappa shape index (κ2) is 5.80. The van der Waals surface area contributed by atoms with Gasteiger partial charge in [0.2, 0.25) is 0 Å². The van der Waals surface area contributed by atoms with Crippen molar-refractivity contribution in [3.8, 4) is 0 Å². The number of nitrogens with zero attached hydrogens (tertiary/aromatic N) is 2. The zero-order valence-corrected chi connectivity index (χ0v) is 8.86. The van der Waals surface area contributed by atoms with Gasteiger partial charge in [0.05, 0.1) is 6.61 Å². The van der Waals surface area contributed by atoms with Crippen molar-refractivity contribution in [3.63, 3.8) is 0 Å². The van der Waals surface area contributed by atoms with Gasteiger partial charge in [-0.15, -0.1) is 6.58 Å². The average Bonchev–Trinajstić information content (AvgIpc) is 2.68. The van der Waals surface area contributed by atoms with Crippen LogP contribution in [-0.2, 0) is 4.74 Å². The Labute approximate surface area is 89.4 Å². The molecule has 0 unspecified atom stereocenters. The molecule has 0 aromatic carbocycles. The van der Waals surface area contributed by atoms with Crippen LogP contribution in [0.15, 0.2) is 42.3 Å². The maximum atomic E-state index is 5.46. The normalized spacial score (nSPS) is 11.1. The van der Waals surface area contributed by atoms with Gasteiger partial charge in [-0.25, -0.2) is 9.98 Å². The predicted octanol–water partition coefficient (Wildman–Crippen LogP) is 2.28. The molecule has 80 valence electrons. The van der Waals surface area contributed by atoms with Crippen molar-refractivity contribution in [2.75, 3.05) is 6.61 Å². The van der Waals surface area contributed by atoms with Crippen molar-refractivity contribution in [2.24, 2.45) is 4.99 Å². The van der Waals surface area contributed by atoms with Gasteiger partial charge >= 0.3 is 0 Å². The zero-order valence-electron chi connectivity index (χ0n) is 8.86. The fraction of sp³-hybridized carbons (Fsp3) is 0.273. The molecule has 0 fully saturated rings. The highest BCUT2D eigenvalue weighted by Crippen LogP contribution is 2.01. The smallest absolute Gasteiger partial charge is 0.257 e. The molecule has 0 saturated carbocycles. The fourth-order valence-electron chi connectivity index (χ4n) is 0.948. The molecule has 0 aliphatic heterocycles. The van der Waals surface area contributed by atoms with E-state index in [0.29, 0.717) is 24.0 Å². The molecule has 0 spiro atoms. The summed E-state index contributed by atoms with van der Waals surface area (Å²) >= 11 is 0. The summed E-state index contributed by atoms with van der Waals surface area (Å²) in [6.45, 7) is 9.67. The van der Waals surface area contributed by atoms with E-state index in [1.165, 1.54) is 0 Å². The summed E-state index contributed by atoms with van der Waals surface area (Å²) in [6, 6.07) is 0. The van der Waals surface area contributed by atoms with Crippen LogP contribution in [0.3, 0.4) is 0 Å². The number of imidazole rings is 1. The molecule has 0 aliphatic rings. The number of aliphatic imine (C=N–C) groups is 1. The number of rotatable bonds is 5. The van der Waals surface area contributed by atoms with Crippen LogP contribution in [0.25, 0.3) is 0 Å². The summed E-state index contributed by atoms with van der Waals surface area (Å²) in [5.74, 6) is 1.08. The predicted molar refractivity (Wildman–Crippen MR) is 60.7 cm³/mol. The van der Waals surface area contributed by atoms with Gasteiger partial charge in [0.25, 0.3) is 5.90 Å². The second-order valence-corrected chi connectivity index (χ2v) is 3.02. The molecule has 0 amide bonds. The monoisotopic (exact) mass is 205 g/mol. The Balaban J connectivity index is 2.71. The fourth-order valence-corrected chi connectivity index (χ4v) is 0.948. The van der Waals surface area contributed by atoms with Crippen molar-refractivity contribution in [3.05, 3.63) is 43.1 Å². The third-order valence-electron chi connectivity index (χ3n) is 1.55. The Bertz CT molecular complexity index is 352. The van der Waals surface area contributed by atoms with E-state index in [0.717, 1.165) is 6.42 Å². The lowest BCUT2D eigenvalue weighted by molar-refractivity contribution is 0.311. The number of ether oxygens (including phenoxy) is 1. The van der Waals surface area contributed by atoms with Gasteiger partial charge in [-0.1, -0.05) is 12.7 Å². The van der Waals surface area contributed by atoms with Crippen molar-refractivity contribution < 1.29 is 4.74 Å². The molecule has 0 aliphatic carbocycles. The van der Waals surface area contributed by atoms with E-state index in [1.54, 1.807) is 25.4 Å². The van der Waals surface area contributed by atoms with E-state index in [2.05, 4.69) is 28.1 Å². The van der Waals surface area contributed by atoms with Crippen LogP contribution in [0.2, 0.25) is 0 Å².